The van der Waals surface area contributed by atoms with Gasteiger partial charge in [0.1, 0.15) is 0 Å². The van der Waals surface area contributed by atoms with Crippen LogP contribution in [0.2, 0.25) is 0 Å². The zero-order valence-electron chi connectivity index (χ0n) is 15.6. The molecule has 0 amide bonds. The second kappa shape index (κ2) is 8.94. The highest BCUT2D eigenvalue weighted by molar-refractivity contribution is 5.48. The molecule has 130 valence electrons. The summed E-state index contributed by atoms with van der Waals surface area (Å²) in [5, 5.41) is 0. The molecule has 0 radical (unpaired) electrons. The molecule has 26 heavy (non-hydrogen) atoms. The van der Waals surface area contributed by atoms with Gasteiger partial charge < -0.3 is 9.47 Å². The third-order valence-corrected chi connectivity index (χ3v) is 3.99. The van der Waals surface area contributed by atoms with Crippen molar-refractivity contribution in [3.05, 3.63) is 71.8 Å². The van der Waals surface area contributed by atoms with E-state index in [1.54, 1.807) is 28.1 Å². The van der Waals surface area contributed by atoms with Crippen LogP contribution in [0.4, 0.5) is 0 Å². The fraction of sp³-hybridized carbons (Fsp3) is 0.250. The lowest BCUT2D eigenvalue weighted by Gasteiger charge is -2.25. The lowest BCUT2D eigenvalue weighted by atomic mass is 9.90. The molecular formula is C24H22O2. The van der Waals surface area contributed by atoms with E-state index in [2.05, 4.69) is 35.5 Å². The molecule has 0 aromatic heterocycles. The van der Waals surface area contributed by atoms with Crippen molar-refractivity contribution in [3.63, 3.8) is 0 Å². The van der Waals surface area contributed by atoms with E-state index in [-0.39, 0.29) is 0 Å². The Balaban J connectivity index is 2.67. The van der Waals surface area contributed by atoms with Gasteiger partial charge in [0.25, 0.3) is 0 Å². The molecule has 0 N–H and O–H groups in total. The molecule has 2 rings (SSSR count). The van der Waals surface area contributed by atoms with Gasteiger partial charge in [-0.1, -0.05) is 60.7 Å². The summed E-state index contributed by atoms with van der Waals surface area (Å²) in [5.74, 6) is 18.5. The summed E-state index contributed by atoms with van der Waals surface area (Å²) >= 11 is 0. The Bertz CT molecular complexity index is 823. The number of hydrogen-bond donors (Lipinski definition) is 0. The highest BCUT2D eigenvalue weighted by Crippen LogP contribution is 2.28. The lowest BCUT2D eigenvalue weighted by Crippen LogP contribution is -2.29. The minimum absolute atomic E-state index is 0.867. The SMILES string of the molecule is CC#CC(C#CC(C#CC)(OC)c1ccccc1)(OC)c1ccccc1. The summed E-state index contributed by atoms with van der Waals surface area (Å²) in [5.41, 5.74) is -0.368. The Hall–Kier alpha value is -2.96. The molecule has 0 bridgehead atoms. The molecule has 2 atom stereocenters. The Kier molecular flexibility index (Phi) is 6.66. The number of rotatable bonds is 4. The average molecular weight is 342 g/mol. The van der Waals surface area contributed by atoms with Gasteiger partial charge in [-0.3, -0.25) is 0 Å². The van der Waals surface area contributed by atoms with E-state index in [0.29, 0.717) is 0 Å². The zero-order valence-corrected chi connectivity index (χ0v) is 15.6. The van der Waals surface area contributed by atoms with Gasteiger partial charge in [-0.2, -0.15) is 0 Å². The molecule has 0 aliphatic rings. The molecular weight excluding hydrogens is 320 g/mol. The quantitative estimate of drug-likeness (QED) is 0.778. The van der Waals surface area contributed by atoms with Crippen LogP contribution in [-0.4, -0.2) is 14.2 Å². The molecule has 0 aliphatic heterocycles. The summed E-state index contributed by atoms with van der Waals surface area (Å²) in [4.78, 5) is 0. The van der Waals surface area contributed by atoms with E-state index in [1.165, 1.54) is 0 Å². The number of benzene rings is 2. The van der Waals surface area contributed by atoms with Crippen LogP contribution >= 0.6 is 0 Å². The van der Waals surface area contributed by atoms with Crippen LogP contribution in [0.1, 0.15) is 25.0 Å². The first-order valence-corrected chi connectivity index (χ1v) is 8.30. The first-order chi connectivity index (χ1) is 12.7. The molecule has 0 saturated carbocycles. The maximum Gasteiger partial charge on any atom is 0.216 e. The third kappa shape index (κ3) is 3.99. The molecule has 2 heteroatoms. The zero-order chi connectivity index (χ0) is 18.9. The summed E-state index contributed by atoms with van der Waals surface area (Å²) in [6.07, 6.45) is 0. The largest absolute Gasteiger partial charge is 0.351 e. The van der Waals surface area contributed by atoms with E-state index in [4.69, 9.17) is 9.47 Å². The summed E-state index contributed by atoms with van der Waals surface area (Å²) in [6, 6.07) is 19.4. The van der Waals surface area contributed by atoms with E-state index in [0.717, 1.165) is 11.1 Å². The predicted octanol–water partition coefficient (Wildman–Crippen LogP) is 4.12. The second-order valence-corrected chi connectivity index (χ2v) is 5.50. The Morgan fingerprint density at radius 2 is 0.923 bits per heavy atom. The smallest absolute Gasteiger partial charge is 0.216 e. The average Bonchev–Trinajstić information content (AvgIpc) is 2.71. The lowest BCUT2D eigenvalue weighted by molar-refractivity contribution is 0.0801. The fourth-order valence-electron chi connectivity index (χ4n) is 2.66. The van der Waals surface area contributed by atoms with Crippen molar-refractivity contribution in [2.24, 2.45) is 0 Å². The minimum Gasteiger partial charge on any atom is -0.351 e. The van der Waals surface area contributed by atoms with Crippen molar-refractivity contribution in [1.82, 2.24) is 0 Å². The molecule has 0 aliphatic carbocycles. The minimum atomic E-state index is -1.05. The van der Waals surface area contributed by atoms with Gasteiger partial charge in [-0.25, -0.2) is 0 Å². The van der Waals surface area contributed by atoms with Crippen LogP contribution in [0.25, 0.3) is 0 Å². The molecule has 2 unspecified atom stereocenters. The Labute approximate surface area is 156 Å². The van der Waals surface area contributed by atoms with Gasteiger partial charge in [0, 0.05) is 25.3 Å². The third-order valence-electron chi connectivity index (χ3n) is 3.99. The maximum absolute atomic E-state index is 5.77. The van der Waals surface area contributed by atoms with Gasteiger partial charge in [0.05, 0.1) is 0 Å². The second-order valence-electron chi connectivity index (χ2n) is 5.50. The van der Waals surface area contributed by atoms with E-state index < -0.39 is 11.2 Å². The van der Waals surface area contributed by atoms with Gasteiger partial charge in [0.2, 0.25) is 11.2 Å². The molecule has 2 aromatic rings. The highest BCUT2D eigenvalue weighted by atomic mass is 16.5. The normalized spacial score (nSPS) is 14.2. The molecule has 0 fully saturated rings. The van der Waals surface area contributed by atoms with Crippen LogP contribution in [0.3, 0.4) is 0 Å². The molecule has 0 saturated heterocycles. The number of hydrogen-bond acceptors (Lipinski definition) is 2. The first kappa shape index (κ1) is 19.4. The summed E-state index contributed by atoms with van der Waals surface area (Å²) in [7, 11) is 3.21. The monoisotopic (exact) mass is 342 g/mol. The van der Waals surface area contributed by atoms with Crippen LogP contribution in [0.15, 0.2) is 60.7 Å². The van der Waals surface area contributed by atoms with E-state index >= 15 is 0 Å². The molecule has 2 nitrogen and oxygen atoms in total. The van der Waals surface area contributed by atoms with Crippen molar-refractivity contribution in [3.8, 4) is 35.5 Å². The Morgan fingerprint density at radius 1 is 0.577 bits per heavy atom. The van der Waals surface area contributed by atoms with Crippen molar-refractivity contribution in [1.29, 1.82) is 0 Å². The van der Waals surface area contributed by atoms with E-state index in [9.17, 15) is 0 Å². The first-order valence-electron chi connectivity index (χ1n) is 8.30. The number of methoxy groups -OCH3 is 2. The summed E-state index contributed by atoms with van der Waals surface area (Å²) in [6.45, 7) is 3.54. The number of ether oxygens (including phenoxy) is 2. The van der Waals surface area contributed by atoms with Gasteiger partial charge in [-0.15, -0.1) is 11.8 Å². The van der Waals surface area contributed by atoms with Crippen molar-refractivity contribution < 1.29 is 9.47 Å². The van der Waals surface area contributed by atoms with Crippen molar-refractivity contribution >= 4 is 0 Å². The highest BCUT2D eigenvalue weighted by Gasteiger charge is 2.32. The topological polar surface area (TPSA) is 18.5 Å². The van der Waals surface area contributed by atoms with Gasteiger partial charge in [-0.05, 0) is 37.5 Å². The van der Waals surface area contributed by atoms with Crippen molar-refractivity contribution in [2.75, 3.05) is 14.2 Å². The predicted molar refractivity (Wildman–Crippen MR) is 105 cm³/mol. The van der Waals surface area contributed by atoms with E-state index in [1.807, 2.05) is 60.7 Å². The fourth-order valence-corrected chi connectivity index (χ4v) is 2.66. The van der Waals surface area contributed by atoms with Crippen LogP contribution in [-0.2, 0) is 20.7 Å². The van der Waals surface area contributed by atoms with Crippen LogP contribution in [0, 0.1) is 35.5 Å². The Morgan fingerprint density at radius 3 is 1.19 bits per heavy atom. The maximum atomic E-state index is 5.77. The molecule has 0 spiro atoms. The van der Waals surface area contributed by atoms with Crippen LogP contribution in [0.5, 0.6) is 0 Å². The molecule has 0 heterocycles. The van der Waals surface area contributed by atoms with Gasteiger partial charge in [0.15, 0.2) is 0 Å². The standard InChI is InChI=1S/C24H22O2/c1-5-17-23(25-3,21-13-9-7-10-14-21)19-20-24(26-4,18-6-2)22-15-11-8-12-16-22/h7-16H,1-4H3. The molecule has 2 aromatic carbocycles. The van der Waals surface area contributed by atoms with Crippen molar-refractivity contribution in [2.45, 2.75) is 25.0 Å². The van der Waals surface area contributed by atoms with Gasteiger partial charge >= 0.3 is 0 Å². The summed E-state index contributed by atoms with van der Waals surface area (Å²) < 4.78 is 11.5. The van der Waals surface area contributed by atoms with Crippen LogP contribution < -0.4 is 0 Å².